The van der Waals surface area contributed by atoms with Crippen LogP contribution >= 0.6 is 0 Å². The molecule has 0 bridgehead atoms. The fourth-order valence-electron chi connectivity index (χ4n) is 2.20. The lowest BCUT2D eigenvalue weighted by Gasteiger charge is -2.35. The third-order valence-electron chi connectivity index (χ3n) is 3.85. The van der Waals surface area contributed by atoms with Gasteiger partial charge in [-0.1, -0.05) is 20.8 Å². The second kappa shape index (κ2) is 4.97. The van der Waals surface area contributed by atoms with E-state index in [2.05, 4.69) is 26.1 Å². The number of hydrogen-bond acceptors (Lipinski definition) is 2. The van der Waals surface area contributed by atoms with Crippen LogP contribution in [0.25, 0.3) is 0 Å². The smallest absolute Gasteiger partial charge is 0.320 e. The first-order chi connectivity index (χ1) is 7.08. The topological polar surface area (TPSA) is 49.3 Å². The number of aliphatic carboxylic acids is 1. The van der Waals surface area contributed by atoms with Crippen molar-refractivity contribution in [1.29, 1.82) is 0 Å². The highest BCUT2D eigenvalue weighted by Gasteiger charge is 2.40. The van der Waals surface area contributed by atoms with Crippen LogP contribution in [0.1, 0.15) is 52.9 Å². The van der Waals surface area contributed by atoms with Gasteiger partial charge in [0.05, 0.1) is 0 Å². The van der Waals surface area contributed by atoms with Crippen molar-refractivity contribution < 1.29 is 9.90 Å². The minimum atomic E-state index is -0.683. The zero-order valence-electron chi connectivity index (χ0n) is 10.0. The first-order valence-corrected chi connectivity index (χ1v) is 6.09. The third-order valence-corrected chi connectivity index (χ3v) is 3.85. The zero-order chi connectivity index (χ0) is 11.5. The van der Waals surface area contributed by atoms with Crippen LogP contribution in [0.3, 0.4) is 0 Å². The number of carboxylic acid groups (broad SMARTS) is 1. The average Bonchev–Trinajstić information content (AvgIpc) is 3.04. The Balaban J connectivity index is 2.65. The molecule has 3 heteroatoms. The Bertz CT molecular complexity index is 211. The Labute approximate surface area is 92.3 Å². The molecule has 1 atom stereocenters. The monoisotopic (exact) mass is 213 g/mol. The molecule has 0 heterocycles. The molecule has 1 unspecified atom stereocenters. The Morgan fingerprint density at radius 3 is 2.07 bits per heavy atom. The minimum Gasteiger partial charge on any atom is -0.480 e. The summed E-state index contributed by atoms with van der Waals surface area (Å²) < 4.78 is 0. The maximum atomic E-state index is 11.1. The van der Waals surface area contributed by atoms with Gasteiger partial charge in [-0.05, 0) is 38.0 Å². The molecule has 1 saturated carbocycles. The summed E-state index contributed by atoms with van der Waals surface area (Å²) in [5.74, 6) is -0.316. The van der Waals surface area contributed by atoms with Crippen LogP contribution < -0.4 is 5.32 Å². The highest BCUT2D eigenvalue weighted by atomic mass is 16.4. The molecule has 1 fully saturated rings. The van der Waals surface area contributed by atoms with E-state index < -0.39 is 5.97 Å². The van der Waals surface area contributed by atoms with Gasteiger partial charge in [-0.15, -0.1) is 0 Å². The van der Waals surface area contributed by atoms with E-state index in [4.69, 9.17) is 0 Å². The Morgan fingerprint density at radius 1 is 1.33 bits per heavy atom. The van der Waals surface area contributed by atoms with Crippen LogP contribution in [0, 0.1) is 5.92 Å². The van der Waals surface area contributed by atoms with Crippen LogP contribution in [-0.2, 0) is 4.79 Å². The van der Waals surface area contributed by atoms with Crippen molar-refractivity contribution in [2.24, 2.45) is 5.92 Å². The second-order valence-electron chi connectivity index (χ2n) is 4.64. The molecule has 0 radical (unpaired) electrons. The number of carbonyl (C=O) groups is 1. The summed E-state index contributed by atoms with van der Waals surface area (Å²) in [6.45, 7) is 6.39. The van der Waals surface area contributed by atoms with Crippen molar-refractivity contribution >= 4 is 5.97 Å². The first kappa shape index (κ1) is 12.5. The van der Waals surface area contributed by atoms with Crippen molar-refractivity contribution in [2.45, 2.75) is 64.5 Å². The lowest BCUT2D eigenvalue weighted by atomic mass is 9.88. The van der Waals surface area contributed by atoms with Gasteiger partial charge in [-0.3, -0.25) is 10.1 Å². The molecule has 0 aliphatic heterocycles. The van der Waals surface area contributed by atoms with Crippen LogP contribution in [-0.4, -0.2) is 22.7 Å². The van der Waals surface area contributed by atoms with E-state index in [1.54, 1.807) is 0 Å². The number of rotatable bonds is 7. The van der Waals surface area contributed by atoms with Crippen LogP contribution in [0.4, 0.5) is 0 Å². The van der Waals surface area contributed by atoms with Crippen LogP contribution in [0.2, 0.25) is 0 Å². The zero-order valence-corrected chi connectivity index (χ0v) is 10.0. The van der Waals surface area contributed by atoms with Gasteiger partial charge < -0.3 is 5.11 Å². The van der Waals surface area contributed by atoms with E-state index in [0.717, 1.165) is 32.1 Å². The molecule has 0 aromatic heterocycles. The maximum absolute atomic E-state index is 11.1. The molecule has 1 aliphatic carbocycles. The second-order valence-corrected chi connectivity index (χ2v) is 4.64. The van der Waals surface area contributed by atoms with E-state index in [1.807, 2.05) is 0 Å². The maximum Gasteiger partial charge on any atom is 0.320 e. The molecule has 0 saturated heterocycles. The summed E-state index contributed by atoms with van der Waals surface area (Å²) in [7, 11) is 0. The molecule has 15 heavy (non-hydrogen) atoms. The van der Waals surface area contributed by atoms with Gasteiger partial charge in [-0.2, -0.15) is 0 Å². The van der Waals surface area contributed by atoms with Crippen molar-refractivity contribution in [3.05, 3.63) is 0 Å². The summed E-state index contributed by atoms with van der Waals surface area (Å²) in [5.41, 5.74) is 0.0195. The van der Waals surface area contributed by atoms with E-state index in [0.29, 0.717) is 5.92 Å². The normalized spacial score (nSPS) is 18.9. The van der Waals surface area contributed by atoms with E-state index in [-0.39, 0.29) is 11.6 Å². The molecular weight excluding hydrogens is 190 g/mol. The summed E-state index contributed by atoms with van der Waals surface area (Å²) >= 11 is 0. The Hall–Kier alpha value is -0.570. The predicted octanol–water partition coefficient (Wildman–Crippen LogP) is 2.41. The van der Waals surface area contributed by atoms with Crippen molar-refractivity contribution in [2.75, 3.05) is 0 Å². The first-order valence-electron chi connectivity index (χ1n) is 6.09. The molecule has 0 aromatic carbocycles. The standard InChI is InChI=1S/C12H23NO2/c1-4-12(5-2,6-3)13-10(11(14)15)9-7-8-9/h9-10,13H,4-8H2,1-3H3,(H,14,15). The molecule has 1 rings (SSSR count). The van der Waals surface area contributed by atoms with Crippen LogP contribution in [0.15, 0.2) is 0 Å². The molecule has 0 spiro atoms. The van der Waals surface area contributed by atoms with Gasteiger partial charge in [0.15, 0.2) is 0 Å². The van der Waals surface area contributed by atoms with Gasteiger partial charge >= 0.3 is 5.97 Å². The van der Waals surface area contributed by atoms with Crippen LogP contribution in [0.5, 0.6) is 0 Å². The van der Waals surface area contributed by atoms with Crippen molar-refractivity contribution in [3.8, 4) is 0 Å². The van der Waals surface area contributed by atoms with E-state index in [9.17, 15) is 9.90 Å². The highest BCUT2D eigenvalue weighted by molar-refractivity contribution is 5.74. The lowest BCUT2D eigenvalue weighted by molar-refractivity contribution is -0.140. The molecule has 2 N–H and O–H groups in total. The van der Waals surface area contributed by atoms with E-state index >= 15 is 0 Å². The Kier molecular flexibility index (Phi) is 4.14. The summed E-state index contributed by atoms with van der Waals surface area (Å²) in [4.78, 5) is 11.1. The van der Waals surface area contributed by atoms with Gasteiger partial charge in [0, 0.05) is 5.54 Å². The number of nitrogens with one attached hydrogen (secondary N) is 1. The SMILES string of the molecule is CCC(CC)(CC)NC(C(=O)O)C1CC1. The number of hydrogen-bond donors (Lipinski definition) is 2. The van der Waals surface area contributed by atoms with Crippen molar-refractivity contribution in [1.82, 2.24) is 5.32 Å². The third kappa shape index (κ3) is 2.94. The molecule has 3 nitrogen and oxygen atoms in total. The minimum absolute atomic E-state index is 0.0195. The molecular formula is C12H23NO2. The quantitative estimate of drug-likeness (QED) is 0.682. The Morgan fingerprint density at radius 2 is 1.80 bits per heavy atom. The summed E-state index contributed by atoms with van der Waals surface area (Å²) in [6.07, 6.45) is 5.12. The van der Waals surface area contributed by atoms with Gasteiger partial charge in [-0.25, -0.2) is 0 Å². The summed E-state index contributed by atoms with van der Waals surface area (Å²) in [6, 6.07) is -0.329. The predicted molar refractivity (Wildman–Crippen MR) is 60.9 cm³/mol. The van der Waals surface area contributed by atoms with Gasteiger partial charge in [0.25, 0.3) is 0 Å². The van der Waals surface area contributed by atoms with Crippen molar-refractivity contribution in [3.63, 3.8) is 0 Å². The fourth-order valence-corrected chi connectivity index (χ4v) is 2.20. The molecule has 0 amide bonds. The lowest BCUT2D eigenvalue weighted by Crippen LogP contribution is -2.53. The molecule has 88 valence electrons. The molecule has 0 aromatic rings. The average molecular weight is 213 g/mol. The number of carboxylic acids is 1. The largest absolute Gasteiger partial charge is 0.480 e. The van der Waals surface area contributed by atoms with Gasteiger partial charge in [0.1, 0.15) is 6.04 Å². The molecule has 1 aliphatic rings. The highest BCUT2D eigenvalue weighted by Crippen LogP contribution is 2.34. The summed E-state index contributed by atoms with van der Waals surface area (Å²) in [5, 5.41) is 12.5. The fraction of sp³-hybridized carbons (Fsp3) is 0.917. The van der Waals surface area contributed by atoms with E-state index in [1.165, 1.54) is 0 Å². The van der Waals surface area contributed by atoms with Gasteiger partial charge in [0.2, 0.25) is 0 Å².